The fraction of sp³-hybridized carbons (Fsp3) is 0. The third-order valence-corrected chi connectivity index (χ3v) is 2.24. The van der Waals surface area contributed by atoms with E-state index in [0.717, 1.165) is 16.8 Å². The van der Waals surface area contributed by atoms with E-state index in [-0.39, 0.29) is 0 Å². The van der Waals surface area contributed by atoms with Gasteiger partial charge < -0.3 is 0 Å². The van der Waals surface area contributed by atoms with Gasteiger partial charge in [0.25, 0.3) is 0 Å². The SMILES string of the molecule is c1ccc(-c2cnn3ncccc23)nc1. The molecule has 3 aromatic heterocycles. The predicted molar refractivity (Wildman–Crippen MR) is 56.2 cm³/mol. The fourth-order valence-electron chi connectivity index (χ4n) is 1.55. The van der Waals surface area contributed by atoms with Crippen LogP contribution >= 0.6 is 0 Å². The molecule has 0 atom stereocenters. The van der Waals surface area contributed by atoms with E-state index in [2.05, 4.69) is 15.2 Å². The van der Waals surface area contributed by atoms with Crippen LogP contribution in [0.1, 0.15) is 0 Å². The lowest BCUT2D eigenvalue weighted by atomic mass is 10.2. The number of pyridine rings is 1. The Hall–Kier alpha value is -2.23. The van der Waals surface area contributed by atoms with E-state index in [1.807, 2.05) is 30.3 Å². The molecule has 0 fully saturated rings. The normalized spacial score (nSPS) is 10.7. The summed E-state index contributed by atoms with van der Waals surface area (Å²) in [5.74, 6) is 0. The lowest BCUT2D eigenvalue weighted by Gasteiger charge is -1.96. The van der Waals surface area contributed by atoms with Crippen molar-refractivity contribution in [3.05, 3.63) is 48.9 Å². The van der Waals surface area contributed by atoms with Crippen molar-refractivity contribution in [3.8, 4) is 11.3 Å². The van der Waals surface area contributed by atoms with Crippen LogP contribution in [0, 0.1) is 0 Å². The highest BCUT2D eigenvalue weighted by Crippen LogP contribution is 2.20. The lowest BCUT2D eigenvalue weighted by Crippen LogP contribution is -1.90. The van der Waals surface area contributed by atoms with Crippen molar-refractivity contribution in [2.24, 2.45) is 0 Å². The first-order valence-corrected chi connectivity index (χ1v) is 4.65. The van der Waals surface area contributed by atoms with Crippen molar-refractivity contribution in [1.82, 2.24) is 19.8 Å². The van der Waals surface area contributed by atoms with E-state index in [4.69, 9.17) is 0 Å². The van der Waals surface area contributed by atoms with Crippen LogP contribution in [-0.2, 0) is 0 Å². The van der Waals surface area contributed by atoms with Crippen LogP contribution in [0.4, 0.5) is 0 Å². The summed E-state index contributed by atoms with van der Waals surface area (Å²) in [5.41, 5.74) is 2.89. The molecule has 0 saturated heterocycles. The van der Waals surface area contributed by atoms with Gasteiger partial charge in [-0.25, -0.2) is 0 Å². The average molecular weight is 196 g/mol. The van der Waals surface area contributed by atoms with Crippen LogP contribution in [0.15, 0.2) is 48.9 Å². The van der Waals surface area contributed by atoms with E-state index in [1.165, 1.54) is 0 Å². The summed E-state index contributed by atoms with van der Waals surface area (Å²) in [4.78, 5) is 4.29. The van der Waals surface area contributed by atoms with Gasteiger partial charge in [-0.1, -0.05) is 6.07 Å². The first-order chi connectivity index (χ1) is 7.45. The Morgan fingerprint density at radius 1 is 0.933 bits per heavy atom. The summed E-state index contributed by atoms with van der Waals surface area (Å²) in [5, 5.41) is 8.27. The summed E-state index contributed by atoms with van der Waals surface area (Å²) in [6.45, 7) is 0. The molecule has 3 aromatic rings. The van der Waals surface area contributed by atoms with Crippen LogP contribution in [0.3, 0.4) is 0 Å². The number of aromatic nitrogens is 4. The molecule has 0 saturated carbocycles. The van der Waals surface area contributed by atoms with Crippen LogP contribution in [0.25, 0.3) is 16.8 Å². The van der Waals surface area contributed by atoms with E-state index < -0.39 is 0 Å². The van der Waals surface area contributed by atoms with Gasteiger partial charge in [0.15, 0.2) is 0 Å². The first-order valence-electron chi connectivity index (χ1n) is 4.65. The maximum Gasteiger partial charge on any atom is 0.0967 e. The van der Waals surface area contributed by atoms with Gasteiger partial charge in [-0.15, -0.1) is 0 Å². The summed E-state index contributed by atoms with van der Waals surface area (Å²) >= 11 is 0. The van der Waals surface area contributed by atoms with Crippen molar-refractivity contribution in [2.45, 2.75) is 0 Å². The molecule has 0 spiro atoms. The molecule has 0 aliphatic carbocycles. The number of nitrogens with zero attached hydrogens (tertiary/aromatic N) is 4. The van der Waals surface area contributed by atoms with Gasteiger partial charge in [0, 0.05) is 18.0 Å². The lowest BCUT2D eigenvalue weighted by molar-refractivity contribution is 0.800. The molecule has 0 bridgehead atoms. The fourth-order valence-corrected chi connectivity index (χ4v) is 1.55. The van der Waals surface area contributed by atoms with Crippen molar-refractivity contribution >= 4 is 5.52 Å². The quantitative estimate of drug-likeness (QED) is 0.596. The molecule has 0 aliphatic rings. The molecule has 15 heavy (non-hydrogen) atoms. The van der Waals surface area contributed by atoms with Gasteiger partial charge in [0.2, 0.25) is 0 Å². The Kier molecular flexibility index (Phi) is 1.71. The van der Waals surface area contributed by atoms with Crippen molar-refractivity contribution < 1.29 is 0 Å². The minimum atomic E-state index is 0.917. The van der Waals surface area contributed by atoms with Gasteiger partial charge in [-0.2, -0.15) is 14.8 Å². The second-order valence-electron chi connectivity index (χ2n) is 3.17. The third kappa shape index (κ3) is 1.27. The molecule has 0 radical (unpaired) electrons. The highest BCUT2D eigenvalue weighted by atomic mass is 15.4. The van der Waals surface area contributed by atoms with Crippen LogP contribution in [0.2, 0.25) is 0 Å². The van der Waals surface area contributed by atoms with E-state index in [1.54, 1.807) is 23.2 Å². The molecule has 0 N–H and O–H groups in total. The zero-order valence-electron chi connectivity index (χ0n) is 7.91. The predicted octanol–water partition coefficient (Wildman–Crippen LogP) is 1.79. The smallest absolute Gasteiger partial charge is 0.0967 e. The van der Waals surface area contributed by atoms with Gasteiger partial charge in [-0.05, 0) is 24.3 Å². The molecule has 0 amide bonds. The van der Waals surface area contributed by atoms with Gasteiger partial charge >= 0.3 is 0 Å². The van der Waals surface area contributed by atoms with Crippen molar-refractivity contribution in [3.63, 3.8) is 0 Å². The Morgan fingerprint density at radius 2 is 1.93 bits per heavy atom. The summed E-state index contributed by atoms with van der Waals surface area (Å²) in [6.07, 6.45) is 5.27. The number of fused-ring (bicyclic) bond motifs is 1. The molecule has 0 aliphatic heterocycles. The monoisotopic (exact) mass is 196 g/mol. The Morgan fingerprint density at radius 3 is 2.80 bits per heavy atom. The topological polar surface area (TPSA) is 43.1 Å². The number of hydrogen-bond donors (Lipinski definition) is 0. The Bertz CT molecular complexity index is 586. The molecule has 4 heteroatoms. The van der Waals surface area contributed by atoms with Crippen LogP contribution < -0.4 is 0 Å². The molecular weight excluding hydrogens is 188 g/mol. The summed E-state index contributed by atoms with van der Waals surface area (Å²) in [7, 11) is 0. The van der Waals surface area contributed by atoms with Crippen molar-refractivity contribution in [1.29, 1.82) is 0 Å². The standard InChI is InChI=1S/C11H8N4/c1-2-6-12-10(4-1)9-8-14-15-11(9)5-3-7-13-15/h1-8H. The first kappa shape index (κ1) is 8.11. The second kappa shape index (κ2) is 3.16. The minimum absolute atomic E-state index is 0.917. The molecule has 4 nitrogen and oxygen atoms in total. The minimum Gasteiger partial charge on any atom is -0.256 e. The molecular formula is C11H8N4. The summed E-state index contributed by atoms with van der Waals surface area (Å²) in [6, 6.07) is 9.69. The largest absolute Gasteiger partial charge is 0.256 e. The van der Waals surface area contributed by atoms with E-state index >= 15 is 0 Å². The molecule has 0 aromatic carbocycles. The Labute approximate surface area is 86.2 Å². The highest BCUT2D eigenvalue weighted by molar-refractivity contribution is 5.76. The zero-order valence-corrected chi connectivity index (χ0v) is 7.91. The van der Waals surface area contributed by atoms with Crippen LogP contribution in [0.5, 0.6) is 0 Å². The average Bonchev–Trinajstić information content (AvgIpc) is 2.74. The highest BCUT2D eigenvalue weighted by Gasteiger charge is 2.06. The zero-order chi connectivity index (χ0) is 10.1. The van der Waals surface area contributed by atoms with Gasteiger partial charge in [-0.3, -0.25) is 4.98 Å². The third-order valence-electron chi connectivity index (χ3n) is 2.24. The van der Waals surface area contributed by atoms with E-state index in [9.17, 15) is 0 Å². The number of hydrogen-bond acceptors (Lipinski definition) is 3. The molecule has 3 heterocycles. The van der Waals surface area contributed by atoms with Crippen LogP contribution in [-0.4, -0.2) is 19.8 Å². The number of rotatable bonds is 1. The second-order valence-corrected chi connectivity index (χ2v) is 3.17. The maximum atomic E-state index is 4.29. The summed E-state index contributed by atoms with van der Waals surface area (Å²) < 4.78 is 1.60. The van der Waals surface area contributed by atoms with Gasteiger partial charge in [0.1, 0.15) is 0 Å². The molecule has 3 rings (SSSR count). The van der Waals surface area contributed by atoms with E-state index in [0.29, 0.717) is 0 Å². The molecule has 72 valence electrons. The maximum absolute atomic E-state index is 4.29. The van der Waals surface area contributed by atoms with Crippen molar-refractivity contribution in [2.75, 3.05) is 0 Å². The van der Waals surface area contributed by atoms with Gasteiger partial charge in [0.05, 0.1) is 17.4 Å². The molecule has 0 unspecified atom stereocenters. The Balaban J connectivity index is 2.28.